The van der Waals surface area contributed by atoms with Gasteiger partial charge in [0, 0.05) is 11.4 Å². The Labute approximate surface area is 114 Å². The normalized spacial score (nSPS) is 22.9. The first-order chi connectivity index (χ1) is 8.00. The van der Waals surface area contributed by atoms with Crippen LogP contribution in [-0.4, -0.2) is 27.2 Å². The molecule has 5 heteroatoms. The van der Waals surface area contributed by atoms with Gasteiger partial charge in [0.15, 0.2) is 0 Å². The van der Waals surface area contributed by atoms with Gasteiger partial charge in [0.1, 0.15) is 0 Å². The van der Waals surface area contributed by atoms with Gasteiger partial charge in [0.2, 0.25) is 5.91 Å². The summed E-state index contributed by atoms with van der Waals surface area (Å²) in [5, 5.41) is 1.07. The van der Waals surface area contributed by atoms with Crippen molar-refractivity contribution < 1.29 is 4.79 Å². The number of piperidine rings is 1. The van der Waals surface area contributed by atoms with Gasteiger partial charge in [-0.05, 0) is 33.6 Å². The second-order valence-corrected chi connectivity index (χ2v) is 6.84. The van der Waals surface area contributed by atoms with Crippen LogP contribution in [0.15, 0.2) is 0 Å². The first-order valence-corrected chi connectivity index (χ1v) is 7.62. The zero-order chi connectivity index (χ0) is 12.6. The van der Waals surface area contributed by atoms with Crippen molar-refractivity contribution >= 4 is 33.2 Å². The number of amides is 1. The minimum Gasteiger partial charge on any atom is -0.334 e. The Morgan fingerprint density at radius 3 is 2.82 bits per heavy atom. The van der Waals surface area contributed by atoms with Gasteiger partial charge in [0.05, 0.1) is 21.6 Å². The summed E-state index contributed by atoms with van der Waals surface area (Å²) in [4.78, 5) is 19.7. The topological polar surface area (TPSA) is 33.2 Å². The second-order valence-electron chi connectivity index (χ2n) is 4.50. The largest absolute Gasteiger partial charge is 0.334 e. The fraction of sp³-hybridized carbons (Fsp3) is 0.667. The lowest BCUT2D eigenvalue weighted by Gasteiger charge is -2.34. The predicted octanol–water partition coefficient (Wildman–Crippen LogP) is 3.21. The molecule has 1 aromatic heterocycles. The van der Waals surface area contributed by atoms with Crippen LogP contribution in [0.2, 0.25) is 0 Å². The highest BCUT2D eigenvalue weighted by molar-refractivity contribution is 9.10. The fourth-order valence-electron chi connectivity index (χ4n) is 2.32. The smallest absolute Gasteiger partial charge is 0.236 e. The van der Waals surface area contributed by atoms with Crippen LogP contribution >= 0.6 is 27.3 Å². The van der Waals surface area contributed by atoms with E-state index >= 15 is 0 Å². The standard InChI is InChI=1S/C12H17BrN2OS/c1-7-11(17-9(3)14-7)8(2)15-6-4-5-10(13)12(15)16/h8,10H,4-6H2,1-3H3. The first kappa shape index (κ1) is 13.0. The highest BCUT2D eigenvalue weighted by atomic mass is 79.9. The molecule has 17 heavy (non-hydrogen) atoms. The zero-order valence-electron chi connectivity index (χ0n) is 10.4. The zero-order valence-corrected chi connectivity index (χ0v) is 12.8. The fourth-order valence-corrected chi connectivity index (χ4v) is 3.89. The molecule has 3 nitrogen and oxygen atoms in total. The van der Waals surface area contributed by atoms with Crippen molar-refractivity contribution in [2.75, 3.05) is 6.54 Å². The van der Waals surface area contributed by atoms with E-state index in [2.05, 4.69) is 27.8 Å². The molecule has 1 fully saturated rings. The number of nitrogens with zero attached hydrogens (tertiary/aromatic N) is 2. The highest BCUT2D eigenvalue weighted by Gasteiger charge is 2.31. The van der Waals surface area contributed by atoms with E-state index < -0.39 is 0 Å². The maximum Gasteiger partial charge on any atom is 0.236 e. The summed E-state index contributed by atoms with van der Waals surface area (Å²) in [5.41, 5.74) is 1.06. The van der Waals surface area contributed by atoms with Crippen molar-refractivity contribution in [1.29, 1.82) is 0 Å². The van der Waals surface area contributed by atoms with Crippen molar-refractivity contribution in [1.82, 2.24) is 9.88 Å². The minimum absolute atomic E-state index is 0.00646. The van der Waals surface area contributed by atoms with Gasteiger partial charge in [-0.1, -0.05) is 15.9 Å². The SMILES string of the molecule is Cc1nc(C)c(C(C)N2CCCC(Br)C2=O)s1. The number of carbonyl (C=O) groups excluding carboxylic acids is 1. The average Bonchev–Trinajstić information content (AvgIpc) is 2.61. The monoisotopic (exact) mass is 316 g/mol. The Kier molecular flexibility index (Phi) is 3.88. The lowest BCUT2D eigenvalue weighted by molar-refractivity contribution is -0.134. The average molecular weight is 317 g/mol. The molecule has 1 aliphatic heterocycles. The maximum atomic E-state index is 12.1. The summed E-state index contributed by atoms with van der Waals surface area (Å²) in [5.74, 6) is 0.217. The second kappa shape index (κ2) is 5.06. The molecule has 2 heterocycles. The number of hydrogen-bond donors (Lipinski definition) is 0. The molecule has 0 N–H and O–H groups in total. The van der Waals surface area contributed by atoms with Crippen LogP contribution in [0.4, 0.5) is 0 Å². The van der Waals surface area contributed by atoms with E-state index in [1.165, 1.54) is 4.88 Å². The molecule has 2 atom stereocenters. The first-order valence-electron chi connectivity index (χ1n) is 5.89. The number of thiazole rings is 1. The Morgan fingerprint density at radius 2 is 2.24 bits per heavy atom. The van der Waals surface area contributed by atoms with Gasteiger partial charge < -0.3 is 4.90 Å². The summed E-state index contributed by atoms with van der Waals surface area (Å²) >= 11 is 5.15. The molecule has 1 aliphatic rings. The van der Waals surface area contributed by atoms with E-state index in [-0.39, 0.29) is 16.8 Å². The van der Waals surface area contributed by atoms with Crippen molar-refractivity contribution in [2.45, 2.75) is 44.5 Å². The minimum atomic E-state index is -0.00646. The van der Waals surface area contributed by atoms with Crippen LogP contribution in [-0.2, 0) is 4.79 Å². The molecule has 2 rings (SSSR count). The molecule has 0 aliphatic carbocycles. The number of carbonyl (C=O) groups is 1. The van der Waals surface area contributed by atoms with Crippen molar-refractivity contribution in [3.05, 3.63) is 15.6 Å². The van der Waals surface area contributed by atoms with Crippen LogP contribution < -0.4 is 0 Å². The lowest BCUT2D eigenvalue weighted by Crippen LogP contribution is -2.43. The third-order valence-corrected chi connectivity index (χ3v) is 5.29. The molecule has 1 amide bonds. The Hall–Kier alpha value is -0.420. The number of rotatable bonds is 2. The molecule has 1 saturated heterocycles. The number of likely N-dealkylation sites (tertiary alicyclic amines) is 1. The van der Waals surface area contributed by atoms with Gasteiger partial charge in [0.25, 0.3) is 0 Å². The Balaban J connectivity index is 2.22. The van der Waals surface area contributed by atoms with Gasteiger partial charge in [-0.2, -0.15) is 0 Å². The number of aromatic nitrogens is 1. The molecule has 0 radical (unpaired) electrons. The van der Waals surface area contributed by atoms with Crippen molar-refractivity contribution in [3.63, 3.8) is 0 Å². The predicted molar refractivity (Wildman–Crippen MR) is 73.7 cm³/mol. The van der Waals surface area contributed by atoms with Gasteiger partial charge in [-0.25, -0.2) is 4.98 Å². The van der Waals surface area contributed by atoms with E-state index in [0.717, 1.165) is 30.1 Å². The molecule has 2 unspecified atom stereocenters. The van der Waals surface area contributed by atoms with Gasteiger partial charge in [-0.15, -0.1) is 11.3 Å². The van der Waals surface area contributed by atoms with E-state index in [0.29, 0.717) is 0 Å². The number of aryl methyl sites for hydroxylation is 2. The molecule has 0 saturated carbocycles. The molecule has 0 bridgehead atoms. The third-order valence-electron chi connectivity index (χ3n) is 3.19. The Bertz CT molecular complexity index is 432. The number of halogens is 1. The van der Waals surface area contributed by atoms with E-state index in [9.17, 15) is 4.79 Å². The molecule has 94 valence electrons. The number of hydrogen-bond acceptors (Lipinski definition) is 3. The summed E-state index contributed by atoms with van der Waals surface area (Å²) < 4.78 is 0. The van der Waals surface area contributed by atoms with E-state index in [1.54, 1.807) is 11.3 Å². The quantitative estimate of drug-likeness (QED) is 0.785. The highest BCUT2D eigenvalue weighted by Crippen LogP contribution is 2.32. The van der Waals surface area contributed by atoms with Gasteiger partial charge >= 0.3 is 0 Å². The molecule has 0 spiro atoms. The molecule has 0 aromatic carbocycles. The maximum absolute atomic E-state index is 12.1. The molecule has 1 aromatic rings. The summed E-state index contributed by atoms with van der Waals surface area (Å²) in [7, 11) is 0. The van der Waals surface area contributed by atoms with Crippen LogP contribution in [0.5, 0.6) is 0 Å². The summed E-state index contributed by atoms with van der Waals surface area (Å²) in [6.07, 6.45) is 2.02. The van der Waals surface area contributed by atoms with Gasteiger partial charge in [-0.3, -0.25) is 4.79 Å². The van der Waals surface area contributed by atoms with E-state index in [4.69, 9.17) is 0 Å². The number of alkyl halides is 1. The Morgan fingerprint density at radius 1 is 1.53 bits per heavy atom. The summed E-state index contributed by atoms with van der Waals surface area (Å²) in [6.45, 7) is 7.00. The lowest BCUT2D eigenvalue weighted by atomic mass is 10.1. The van der Waals surface area contributed by atoms with Crippen LogP contribution in [0.3, 0.4) is 0 Å². The van der Waals surface area contributed by atoms with Crippen molar-refractivity contribution in [2.24, 2.45) is 0 Å². The molecular formula is C12H17BrN2OS. The third kappa shape index (κ3) is 2.55. The van der Waals surface area contributed by atoms with E-state index in [1.807, 2.05) is 18.7 Å². The molecular weight excluding hydrogens is 300 g/mol. The van der Waals surface area contributed by atoms with Crippen LogP contribution in [0.1, 0.15) is 41.4 Å². The van der Waals surface area contributed by atoms with Crippen molar-refractivity contribution in [3.8, 4) is 0 Å². The van der Waals surface area contributed by atoms with Crippen LogP contribution in [0.25, 0.3) is 0 Å². The summed E-state index contributed by atoms with van der Waals surface area (Å²) in [6, 6.07) is 0.147. The van der Waals surface area contributed by atoms with Crippen LogP contribution in [0, 0.1) is 13.8 Å².